The molecule has 0 aliphatic carbocycles. The Bertz CT molecular complexity index is 2040. The van der Waals surface area contributed by atoms with E-state index in [-0.39, 0.29) is 24.5 Å². The molecule has 3 aromatic carbocycles. The molecule has 1 aliphatic rings. The van der Waals surface area contributed by atoms with Crippen LogP contribution in [0.4, 0.5) is 5.69 Å². The van der Waals surface area contributed by atoms with Crippen LogP contribution < -0.4 is 24.4 Å². The van der Waals surface area contributed by atoms with E-state index >= 15 is 0 Å². The molecule has 4 aromatic rings. The standard InChI is InChI=1S/C31H24BrCl2N3O7S/c1-4-43-30(39)27-16(2)35-31-36(28(27)18-6-8-20(9-7-18)37(40)41)29(38)26(45-31)13-19-12-24(42-3)25(14-21(19)32)44-15-17-5-10-22(33)23(34)11-17/h5-14,28H,4,15H2,1-3H3/b26-13+/t28-/m0/s1. The molecule has 0 fully saturated rings. The first-order chi connectivity index (χ1) is 21.5. The summed E-state index contributed by atoms with van der Waals surface area (Å²) in [5.41, 5.74) is 1.99. The summed E-state index contributed by atoms with van der Waals surface area (Å²) in [6.07, 6.45) is 1.69. The van der Waals surface area contributed by atoms with Gasteiger partial charge in [-0.15, -0.1) is 0 Å². The van der Waals surface area contributed by atoms with Crippen molar-refractivity contribution in [1.29, 1.82) is 0 Å². The number of carbonyl (C=O) groups excluding carboxylic acids is 1. The molecule has 10 nitrogen and oxygen atoms in total. The molecule has 5 rings (SSSR count). The third kappa shape index (κ3) is 6.69. The fourth-order valence-corrected chi connectivity index (χ4v) is 6.55. The summed E-state index contributed by atoms with van der Waals surface area (Å²) in [5.74, 6) is 0.267. The number of hydrogen-bond acceptors (Lipinski definition) is 9. The van der Waals surface area contributed by atoms with Crippen molar-refractivity contribution in [2.75, 3.05) is 13.7 Å². The van der Waals surface area contributed by atoms with Crippen molar-refractivity contribution in [3.63, 3.8) is 0 Å². The summed E-state index contributed by atoms with van der Waals surface area (Å²) < 4.78 is 19.3. The SMILES string of the molecule is CCOC(=O)C1=C(C)N=c2s/c(=C/c3cc(OC)c(OCc4ccc(Cl)c(Cl)c4)cc3Br)c(=O)n2[C@H]1c1ccc([N+](=O)[O-])cc1. The summed E-state index contributed by atoms with van der Waals surface area (Å²) >= 11 is 16.9. The van der Waals surface area contributed by atoms with Crippen molar-refractivity contribution >= 4 is 68.2 Å². The van der Waals surface area contributed by atoms with Crippen LogP contribution >= 0.6 is 50.5 Å². The molecule has 0 unspecified atom stereocenters. The Morgan fingerprint density at radius 1 is 1.13 bits per heavy atom. The van der Waals surface area contributed by atoms with E-state index in [1.807, 2.05) is 6.07 Å². The Morgan fingerprint density at radius 2 is 1.87 bits per heavy atom. The molecule has 1 atom stereocenters. The van der Waals surface area contributed by atoms with Gasteiger partial charge in [-0.3, -0.25) is 19.5 Å². The van der Waals surface area contributed by atoms with E-state index < -0.39 is 22.5 Å². The Morgan fingerprint density at radius 3 is 2.51 bits per heavy atom. The van der Waals surface area contributed by atoms with Gasteiger partial charge >= 0.3 is 5.97 Å². The molecule has 0 spiro atoms. The van der Waals surface area contributed by atoms with Gasteiger partial charge in [0.05, 0.1) is 50.5 Å². The Kier molecular flexibility index (Phi) is 9.78. The zero-order valence-corrected chi connectivity index (χ0v) is 27.9. The predicted octanol–water partition coefficient (Wildman–Crippen LogP) is 6.36. The normalized spacial score (nSPS) is 14.5. The third-order valence-electron chi connectivity index (χ3n) is 6.88. The van der Waals surface area contributed by atoms with Crippen LogP contribution in [0.2, 0.25) is 10.0 Å². The lowest BCUT2D eigenvalue weighted by Crippen LogP contribution is -2.39. The molecule has 0 saturated heterocycles. The van der Waals surface area contributed by atoms with Crippen LogP contribution in [-0.2, 0) is 16.1 Å². The molecule has 232 valence electrons. The van der Waals surface area contributed by atoms with E-state index in [1.165, 1.54) is 35.9 Å². The fourth-order valence-electron chi connectivity index (χ4n) is 4.75. The molecule has 0 bridgehead atoms. The van der Waals surface area contributed by atoms with Gasteiger partial charge in [-0.25, -0.2) is 9.79 Å². The van der Waals surface area contributed by atoms with E-state index in [9.17, 15) is 19.7 Å². The number of fused-ring (bicyclic) bond motifs is 1. The van der Waals surface area contributed by atoms with Crippen LogP contribution in [-0.4, -0.2) is 29.2 Å². The number of thiazole rings is 1. The smallest absolute Gasteiger partial charge is 0.338 e. The highest BCUT2D eigenvalue weighted by molar-refractivity contribution is 9.10. The lowest BCUT2D eigenvalue weighted by Gasteiger charge is -2.24. The topological polar surface area (TPSA) is 122 Å². The number of non-ortho nitro benzene ring substituents is 1. The van der Waals surface area contributed by atoms with Crippen LogP contribution in [0.15, 0.2) is 80.1 Å². The molecule has 45 heavy (non-hydrogen) atoms. The van der Waals surface area contributed by atoms with Gasteiger partial charge in [-0.05, 0) is 73.0 Å². The molecule has 1 aromatic heterocycles. The van der Waals surface area contributed by atoms with Gasteiger partial charge in [0.1, 0.15) is 6.61 Å². The van der Waals surface area contributed by atoms with E-state index in [4.69, 9.17) is 37.4 Å². The highest BCUT2D eigenvalue weighted by atomic mass is 79.9. The minimum Gasteiger partial charge on any atom is -0.493 e. The second-order valence-corrected chi connectivity index (χ2v) is 12.4. The van der Waals surface area contributed by atoms with Crippen molar-refractivity contribution < 1.29 is 23.9 Å². The predicted molar refractivity (Wildman–Crippen MR) is 175 cm³/mol. The van der Waals surface area contributed by atoms with Gasteiger partial charge in [0.25, 0.3) is 11.2 Å². The number of halogens is 3. The zero-order chi connectivity index (χ0) is 32.4. The van der Waals surface area contributed by atoms with E-state index in [2.05, 4.69) is 20.9 Å². The Hall–Kier alpha value is -3.97. The molecule has 0 N–H and O–H groups in total. The van der Waals surface area contributed by atoms with Crippen molar-refractivity contribution in [1.82, 2.24) is 4.57 Å². The minimum absolute atomic E-state index is 0.118. The van der Waals surface area contributed by atoms with Gasteiger partial charge in [0.2, 0.25) is 0 Å². The summed E-state index contributed by atoms with van der Waals surface area (Å²) in [7, 11) is 1.51. The number of nitro groups is 1. The molecule has 0 amide bonds. The number of ether oxygens (including phenoxy) is 3. The molecule has 14 heteroatoms. The van der Waals surface area contributed by atoms with Crippen LogP contribution in [0.3, 0.4) is 0 Å². The molecule has 1 aliphatic heterocycles. The monoisotopic (exact) mass is 731 g/mol. The number of allylic oxidation sites excluding steroid dienone is 1. The van der Waals surface area contributed by atoms with Crippen LogP contribution in [0.5, 0.6) is 11.5 Å². The lowest BCUT2D eigenvalue weighted by atomic mass is 9.95. The van der Waals surface area contributed by atoms with Crippen LogP contribution in [0.1, 0.15) is 36.6 Å². The number of nitro benzene ring substituents is 1. The van der Waals surface area contributed by atoms with E-state index in [0.29, 0.717) is 52.2 Å². The van der Waals surface area contributed by atoms with Crippen molar-refractivity contribution in [3.8, 4) is 11.5 Å². The Labute approximate surface area is 279 Å². The number of benzene rings is 3. The highest BCUT2D eigenvalue weighted by Gasteiger charge is 2.33. The van der Waals surface area contributed by atoms with Crippen LogP contribution in [0.25, 0.3) is 6.08 Å². The average molecular weight is 733 g/mol. The molecule has 0 saturated carbocycles. The maximum Gasteiger partial charge on any atom is 0.338 e. The largest absolute Gasteiger partial charge is 0.493 e. The second kappa shape index (κ2) is 13.6. The number of methoxy groups -OCH3 is 1. The molecular formula is C31H24BrCl2N3O7S. The number of carbonyl (C=O) groups is 1. The molecule has 2 heterocycles. The highest BCUT2D eigenvalue weighted by Crippen LogP contribution is 2.35. The van der Waals surface area contributed by atoms with Crippen molar-refractivity contribution in [2.45, 2.75) is 26.5 Å². The maximum absolute atomic E-state index is 14.0. The van der Waals surface area contributed by atoms with E-state index in [0.717, 1.165) is 16.9 Å². The van der Waals surface area contributed by atoms with Gasteiger partial charge in [-0.2, -0.15) is 0 Å². The van der Waals surface area contributed by atoms with Gasteiger partial charge in [-0.1, -0.05) is 56.5 Å². The second-order valence-electron chi connectivity index (χ2n) is 9.71. The maximum atomic E-state index is 14.0. The summed E-state index contributed by atoms with van der Waals surface area (Å²) in [6, 6.07) is 13.5. The first-order valence-corrected chi connectivity index (χ1v) is 15.8. The Balaban J connectivity index is 1.57. The van der Waals surface area contributed by atoms with Crippen molar-refractivity contribution in [2.24, 2.45) is 4.99 Å². The van der Waals surface area contributed by atoms with Gasteiger partial charge in [0, 0.05) is 16.6 Å². The average Bonchev–Trinajstić information content (AvgIpc) is 3.31. The zero-order valence-electron chi connectivity index (χ0n) is 24.0. The van der Waals surface area contributed by atoms with Gasteiger partial charge < -0.3 is 14.2 Å². The number of hydrogen-bond donors (Lipinski definition) is 0. The van der Waals surface area contributed by atoms with Gasteiger partial charge in [0.15, 0.2) is 16.3 Å². The van der Waals surface area contributed by atoms with Crippen LogP contribution in [0, 0.1) is 10.1 Å². The van der Waals surface area contributed by atoms with Crippen molar-refractivity contribution in [3.05, 3.63) is 127 Å². The number of esters is 1. The van der Waals surface area contributed by atoms with E-state index in [1.54, 1.807) is 44.2 Å². The fraction of sp³-hybridized carbons (Fsp3) is 0.194. The molecule has 0 radical (unpaired) electrons. The first-order valence-electron chi connectivity index (χ1n) is 13.4. The summed E-state index contributed by atoms with van der Waals surface area (Å²) in [4.78, 5) is 42.7. The minimum atomic E-state index is -0.904. The first kappa shape index (κ1) is 32.4. The number of aromatic nitrogens is 1. The summed E-state index contributed by atoms with van der Waals surface area (Å²) in [6.45, 7) is 3.68. The third-order valence-corrected chi connectivity index (χ3v) is 9.29. The number of nitrogens with zero attached hydrogens (tertiary/aromatic N) is 3. The summed E-state index contributed by atoms with van der Waals surface area (Å²) in [5, 5.41) is 12.1. The lowest BCUT2D eigenvalue weighted by molar-refractivity contribution is -0.384. The number of rotatable bonds is 9. The quantitative estimate of drug-likeness (QED) is 0.112. The molecular weight excluding hydrogens is 709 g/mol.